The van der Waals surface area contributed by atoms with Gasteiger partial charge in [0.1, 0.15) is 9.77 Å². The highest BCUT2D eigenvalue weighted by Crippen LogP contribution is 2.29. The standard InChI is InChI=1S/C14H16N2O4S2/c1-10(11-6-4-5-8-15-11)16(2)22(18,19)12-7-9-21-13(12)14(17)20-3/h4-10H,1-3H3. The number of pyridine rings is 1. The molecular formula is C14H16N2O4S2. The van der Waals surface area contributed by atoms with Gasteiger partial charge in [-0.2, -0.15) is 4.31 Å². The third kappa shape index (κ3) is 3.03. The lowest BCUT2D eigenvalue weighted by atomic mass is 10.2. The molecule has 0 bridgehead atoms. The van der Waals surface area contributed by atoms with Crippen LogP contribution in [0.4, 0.5) is 0 Å². The zero-order valence-corrected chi connectivity index (χ0v) is 14.0. The maximum Gasteiger partial charge on any atom is 0.349 e. The summed E-state index contributed by atoms with van der Waals surface area (Å²) in [6.45, 7) is 1.74. The summed E-state index contributed by atoms with van der Waals surface area (Å²) in [4.78, 5) is 15.9. The van der Waals surface area contributed by atoms with E-state index in [0.29, 0.717) is 5.69 Å². The Labute approximate surface area is 133 Å². The summed E-state index contributed by atoms with van der Waals surface area (Å²) in [6.07, 6.45) is 1.61. The Morgan fingerprint density at radius 1 is 1.36 bits per heavy atom. The number of aromatic nitrogens is 1. The average molecular weight is 340 g/mol. The predicted molar refractivity (Wildman–Crippen MR) is 83.3 cm³/mol. The maximum atomic E-state index is 12.7. The van der Waals surface area contributed by atoms with E-state index in [4.69, 9.17) is 0 Å². The fourth-order valence-corrected chi connectivity index (χ4v) is 4.56. The van der Waals surface area contributed by atoms with Crippen LogP contribution in [0.3, 0.4) is 0 Å². The molecule has 22 heavy (non-hydrogen) atoms. The van der Waals surface area contributed by atoms with Crippen molar-refractivity contribution in [3.05, 3.63) is 46.4 Å². The van der Waals surface area contributed by atoms with Crippen LogP contribution in [0.1, 0.15) is 28.3 Å². The second kappa shape index (κ2) is 6.55. The van der Waals surface area contributed by atoms with Crippen molar-refractivity contribution in [3.8, 4) is 0 Å². The highest BCUT2D eigenvalue weighted by atomic mass is 32.2. The predicted octanol–water partition coefficient (Wildman–Crippen LogP) is 2.31. The van der Waals surface area contributed by atoms with Crippen LogP contribution in [-0.2, 0) is 14.8 Å². The van der Waals surface area contributed by atoms with Gasteiger partial charge in [0.2, 0.25) is 10.0 Å². The van der Waals surface area contributed by atoms with Gasteiger partial charge in [0.25, 0.3) is 0 Å². The number of thiophene rings is 1. The molecule has 118 valence electrons. The summed E-state index contributed by atoms with van der Waals surface area (Å²) in [5.41, 5.74) is 0.628. The lowest BCUT2D eigenvalue weighted by Gasteiger charge is -2.23. The minimum Gasteiger partial charge on any atom is -0.465 e. The summed E-state index contributed by atoms with van der Waals surface area (Å²) in [7, 11) is -1.14. The average Bonchev–Trinajstić information content (AvgIpc) is 3.04. The Kier molecular flexibility index (Phi) is 4.94. The highest BCUT2D eigenvalue weighted by Gasteiger charge is 2.31. The van der Waals surface area contributed by atoms with Crippen molar-refractivity contribution < 1.29 is 17.9 Å². The van der Waals surface area contributed by atoms with E-state index in [-0.39, 0.29) is 9.77 Å². The molecule has 1 atom stereocenters. The van der Waals surface area contributed by atoms with Gasteiger partial charge in [-0.15, -0.1) is 11.3 Å². The van der Waals surface area contributed by atoms with Crippen LogP contribution in [0.25, 0.3) is 0 Å². The van der Waals surface area contributed by atoms with Crippen molar-refractivity contribution in [2.75, 3.05) is 14.2 Å². The van der Waals surface area contributed by atoms with Gasteiger partial charge in [0, 0.05) is 13.2 Å². The van der Waals surface area contributed by atoms with Crippen molar-refractivity contribution >= 4 is 27.3 Å². The number of rotatable bonds is 5. The molecule has 0 amide bonds. The molecule has 0 saturated heterocycles. The molecule has 8 heteroatoms. The monoisotopic (exact) mass is 340 g/mol. The molecule has 0 aliphatic rings. The van der Waals surface area contributed by atoms with Crippen LogP contribution < -0.4 is 0 Å². The second-order valence-corrected chi connectivity index (χ2v) is 7.44. The van der Waals surface area contributed by atoms with Gasteiger partial charge < -0.3 is 4.74 Å². The topological polar surface area (TPSA) is 76.6 Å². The molecule has 0 spiro atoms. The van der Waals surface area contributed by atoms with Gasteiger partial charge in [0.05, 0.1) is 18.8 Å². The number of carbonyl (C=O) groups excluding carboxylic acids is 1. The van der Waals surface area contributed by atoms with Crippen LogP contribution in [0.15, 0.2) is 40.7 Å². The quantitative estimate of drug-likeness (QED) is 0.781. The highest BCUT2D eigenvalue weighted by molar-refractivity contribution is 7.89. The summed E-state index contributed by atoms with van der Waals surface area (Å²) >= 11 is 1.04. The first-order valence-corrected chi connectivity index (χ1v) is 8.76. The molecule has 0 aliphatic heterocycles. The summed E-state index contributed by atoms with van der Waals surface area (Å²) < 4.78 is 31.3. The molecule has 2 heterocycles. The number of hydrogen-bond donors (Lipinski definition) is 0. The van der Waals surface area contributed by atoms with Crippen molar-refractivity contribution in [1.82, 2.24) is 9.29 Å². The fourth-order valence-electron chi connectivity index (χ4n) is 1.91. The van der Waals surface area contributed by atoms with Gasteiger partial charge in [0.15, 0.2) is 0 Å². The molecule has 2 aromatic rings. The normalized spacial score (nSPS) is 13.1. The van der Waals surface area contributed by atoms with Crippen molar-refractivity contribution in [2.24, 2.45) is 0 Å². The number of sulfonamides is 1. The van der Waals surface area contributed by atoms with Crippen molar-refractivity contribution in [1.29, 1.82) is 0 Å². The van der Waals surface area contributed by atoms with Gasteiger partial charge >= 0.3 is 5.97 Å². The Morgan fingerprint density at radius 2 is 2.09 bits per heavy atom. The van der Waals surface area contributed by atoms with Crippen molar-refractivity contribution in [2.45, 2.75) is 17.9 Å². The molecule has 1 unspecified atom stereocenters. The van der Waals surface area contributed by atoms with Crippen LogP contribution in [0, 0.1) is 0 Å². The van der Waals surface area contributed by atoms with Gasteiger partial charge in [-0.3, -0.25) is 4.98 Å². The molecule has 0 N–H and O–H groups in total. The van der Waals surface area contributed by atoms with Crippen LogP contribution in [0.5, 0.6) is 0 Å². The number of esters is 1. The maximum absolute atomic E-state index is 12.7. The largest absolute Gasteiger partial charge is 0.465 e. The molecule has 2 rings (SSSR count). The zero-order chi connectivity index (χ0) is 16.3. The Bertz CT molecular complexity index is 756. The van der Waals surface area contributed by atoms with E-state index >= 15 is 0 Å². The molecule has 0 fully saturated rings. The number of hydrogen-bond acceptors (Lipinski definition) is 6. The van der Waals surface area contributed by atoms with Crippen LogP contribution in [0.2, 0.25) is 0 Å². The van der Waals surface area contributed by atoms with E-state index in [1.165, 1.54) is 24.5 Å². The molecule has 6 nitrogen and oxygen atoms in total. The zero-order valence-electron chi connectivity index (χ0n) is 12.4. The SMILES string of the molecule is COC(=O)c1sccc1S(=O)(=O)N(C)C(C)c1ccccn1. The minimum absolute atomic E-state index is 0.0466. The van der Waals surface area contributed by atoms with Crippen LogP contribution in [-0.4, -0.2) is 37.8 Å². The van der Waals surface area contributed by atoms with Gasteiger partial charge in [-0.1, -0.05) is 6.07 Å². The smallest absolute Gasteiger partial charge is 0.349 e. The lowest BCUT2D eigenvalue weighted by molar-refractivity contribution is 0.0602. The van der Waals surface area contributed by atoms with E-state index in [2.05, 4.69) is 9.72 Å². The third-order valence-corrected chi connectivity index (χ3v) is 6.31. The number of nitrogens with zero attached hydrogens (tertiary/aromatic N) is 2. The Hall–Kier alpha value is -1.77. The molecule has 2 aromatic heterocycles. The summed E-state index contributed by atoms with van der Waals surface area (Å²) in [6, 6.07) is 6.26. The van der Waals surface area contributed by atoms with Crippen molar-refractivity contribution in [3.63, 3.8) is 0 Å². The first kappa shape index (κ1) is 16.6. The van der Waals surface area contributed by atoms with E-state index in [0.717, 1.165) is 11.3 Å². The van der Waals surface area contributed by atoms with E-state index in [1.54, 1.807) is 36.7 Å². The molecular weight excluding hydrogens is 324 g/mol. The number of ether oxygens (including phenoxy) is 1. The van der Waals surface area contributed by atoms with Gasteiger partial charge in [-0.05, 0) is 30.5 Å². The second-order valence-electron chi connectivity index (χ2n) is 4.56. The van der Waals surface area contributed by atoms with E-state index in [9.17, 15) is 13.2 Å². The first-order chi connectivity index (χ1) is 10.4. The minimum atomic E-state index is -3.83. The Balaban J connectivity index is 2.39. The molecule has 0 saturated carbocycles. The van der Waals surface area contributed by atoms with Gasteiger partial charge in [-0.25, -0.2) is 13.2 Å². The Morgan fingerprint density at radius 3 is 2.68 bits per heavy atom. The van der Waals surface area contributed by atoms with Crippen LogP contribution >= 0.6 is 11.3 Å². The molecule has 0 aliphatic carbocycles. The number of methoxy groups -OCH3 is 1. The first-order valence-electron chi connectivity index (χ1n) is 6.44. The van der Waals surface area contributed by atoms with E-state index < -0.39 is 22.0 Å². The summed E-state index contributed by atoms with van der Waals surface area (Å²) in [5.74, 6) is -0.660. The summed E-state index contributed by atoms with van der Waals surface area (Å²) in [5, 5.41) is 1.55. The molecule has 0 radical (unpaired) electrons. The lowest BCUT2D eigenvalue weighted by Crippen LogP contribution is -2.31. The fraction of sp³-hybridized carbons (Fsp3) is 0.286. The third-order valence-electron chi connectivity index (χ3n) is 3.32. The number of carbonyl (C=O) groups is 1. The molecule has 0 aromatic carbocycles. The van der Waals surface area contributed by atoms with E-state index in [1.807, 2.05) is 0 Å².